The molecule has 2 rings (SSSR count). The third-order valence-electron chi connectivity index (χ3n) is 4.42. The molecule has 0 aromatic heterocycles. The normalized spacial score (nSPS) is 32.9. The number of hydrogen-bond acceptors (Lipinski definition) is 0. The standard InChI is InChI=1S/C12H11ClF11I/c13-25(6-4-2-1-3-5-6)12(24)10(20,21)8(16,17)7(14,15)9(18,19)11(12,22)23/h6H,1-5H2. The first-order valence-electron chi connectivity index (χ1n) is 6.95. The maximum atomic E-state index is 14.8. The molecular formula is C12H11ClF11I. The van der Waals surface area contributed by atoms with Gasteiger partial charge in [-0.3, -0.25) is 0 Å². The summed E-state index contributed by atoms with van der Waals surface area (Å²) >= 11 is -5.16. The first kappa shape index (κ1) is 21.5. The summed E-state index contributed by atoms with van der Waals surface area (Å²) < 4.78 is 143. The number of halogens is 13. The van der Waals surface area contributed by atoms with Gasteiger partial charge in [-0.25, -0.2) is 0 Å². The van der Waals surface area contributed by atoms with Crippen molar-refractivity contribution in [3.63, 3.8) is 0 Å². The SMILES string of the molecule is FC1(F)C(F)(F)C(F)(F)C(F)(I(Cl)C2CCCCC2)C(F)(F)C1(F)F. The van der Waals surface area contributed by atoms with Gasteiger partial charge in [0.2, 0.25) is 0 Å². The molecule has 25 heavy (non-hydrogen) atoms. The molecule has 0 aromatic rings. The summed E-state index contributed by atoms with van der Waals surface area (Å²) in [6.07, 6.45) is 0.566. The van der Waals surface area contributed by atoms with Crippen molar-refractivity contribution in [3.8, 4) is 0 Å². The fraction of sp³-hybridized carbons (Fsp3) is 1.00. The predicted octanol–water partition coefficient (Wildman–Crippen LogP) is 6.84. The summed E-state index contributed by atoms with van der Waals surface area (Å²) in [5.74, 6) is -34.8. The summed E-state index contributed by atoms with van der Waals surface area (Å²) in [6.45, 7) is 0. The molecule has 0 amide bonds. The second-order valence-electron chi connectivity index (χ2n) is 5.94. The minimum atomic E-state index is -7.16. The zero-order valence-electron chi connectivity index (χ0n) is 12.0. The van der Waals surface area contributed by atoms with Gasteiger partial charge in [0.1, 0.15) is 0 Å². The molecule has 0 aromatic carbocycles. The summed E-state index contributed by atoms with van der Waals surface area (Å²) in [6, 6.07) is 0. The molecule has 0 radical (unpaired) electrons. The van der Waals surface area contributed by atoms with Gasteiger partial charge in [-0.2, -0.15) is 0 Å². The van der Waals surface area contributed by atoms with E-state index in [-0.39, 0.29) is 25.7 Å². The van der Waals surface area contributed by atoms with Gasteiger partial charge < -0.3 is 0 Å². The van der Waals surface area contributed by atoms with E-state index in [4.69, 9.17) is 8.91 Å². The van der Waals surface area contributed by atoms with Crippen LogP contribution in [0.15, 0.2) is 0 Å². The van der Waals surface area contributed by atoms with Gasteiger partial charge in [-0.15, -0.1) is 0 Å². The van der Waals surface area contributed by atoms with Crippen LogP contribution < -0.4 is 0 Å². The van der Waals surface area contributed by atoms with Crippen molar-refractivity contribution in [1.29, 1.82) is 0 Å². The van der Waals surface area contributed by atoms with E-state index < -0.39 is 55.9 Å². The van der Waals surface area contributed by atoms with Crippen molar-refractivity contribution in [2.45, 2.75) is 69.3 Å². The van der Waals surface area contributed by atoms with Gasteiger partial charge in [0.15, 0.2) is 0 Å². The van der Waals surface area contributed by atoms with Gasteiger partial charge in [0.05, 0.1) is 0 Å². The molecule has 0 nitrogen and oxygen atoms in total. The van der Waals surface area contributed by atoms with Crippen molar-refractivity contribution in [2.75, 3.05) is 0 Å². The zero-order chi connectivity index (χ0) is 19.7. The molecule has 0 heterocycles. The average Bonchev–Trinajstić information content (AvgIpc) is 2.52. The van der Waals surface area contributed by atoms with Crippen LogP contribution >= 0.6 is 27.6 Å². The van der Waals surface area contributed by atoms with Crippen LogP contribution in [0.3, 0.4) is 0 Å². The molecule has 0 bridgehead atoms. The van der Waals surface area contributed by atoms with Crippen LogP contribution in [0.2, 0.25) is 0 Å². The number of rotatable bonds is 2. The molecule has 0 aliphatic heterocycles. The van der Waals surface area contributed by atoms with E-state index in [2.05, 4.69) is 0 Å². The second kappa shape index (κ2) is 5.87. The third-order valence-corrected chi connectivity index (χ3v) is 12.9. The van der Waals surface area contributed by atoms with Gasteiger partial charge in [0, 0.05) is 0 Å². The molecule has 0 atom stereocenters. The summed E-state index contributed by atoms with van der Waals surface area (Å²) in [4.78, 5) is 0. The number of alkyl halides is 13. The monoisotopic (exact) mass is 526 g/mol. The van der Waals surface area contributed by atoms with E-state index in [1.165, 1.54) is 0 Å². The van der Waals surface area contributed by atoms with Crippen molar-refractivity contribution in [3.05, 3.63) is 0 Å². The topological polar surface area (TPSA) is 0 Å². The third kappa shape index (κ3) is 2.30. The average molecular weight is 527 g/mol. The predicted molar refractivity (Wildman–Crippen MR) is 75.3 cm³/mol. The van der Waals surface area contributed by atoms with E-state index in [0.29, 0.717) is 6.42 Å². The Balaban J connectivity index is 2.68. The Kier molecular flexibility index (Phi) is 5.06. The molecule has 0 unspecified atom stereocenters. The quantitative estimate of drug-likeness (QED) is 0.210. The summed E-state index contributed by atoms with van der Waals surface area (Å²) in [5, 5.41) is 0. The zero-order valence-corrected chi connectivity index (χ0v) is 14.9. The van der Waals surface area contributed by atoms with E-state index in [1.807, 2.05) is 0 Å². The van der Waals surface area contributed by atoms with Crippen LogP contribution in [0.4, 0.5) is 48.3 Å². The Bertz CT molecular complexity index is 499. The van der Waals surface area contributed by atoms with Crippen LogP contribution in [0.1, 0.15) is 32.1 Å². The Hall–Kier alpha value is 0.250. The van der Waals surface area contributed by atoms with Crippen molar-refractivity contribution < 1.29 is 48.3 Å². The number of hydrogen-bond donors (Lipinski definition) is 0. The Morgan fingerprint density at radius 2 is 0.880 bits per heavy atom. The molecule has 2 fully saturated rings. The van der Waals surface area contributed by atoms with Crippen LogP contribution in [0, 0.1) is 0 Å². The maximum absolute atomic E-state index is 14.8. The van der Waals surface area contributed by atoms with Crippen molar-refractivity contribution in [2.24, 2.45) is 0 Å². The van der Waals surface area contributed by atoms with Crippen LogP contribution in [-0.2, 0) is 0 Å². The Morgan fingerprint density at radius 3 is 1.24 bits per heavy atom. The van der Waals surface area contributed by atoms with E-state index >= 15 is 0 Å². The molecule has 2 aliphatic carbocycles. The summed E-state index contributed by atoms with van der Waals surface area (Å²) in [5.41, 5.74) is 0. The molecule has 2 saturated carbocycles. The molecular weight excluding hydrogens is 515 g/mol. The first-order valence-corrected chi connectivity index (χ1v) is 12.0. The van der Waals surface area contributed by atoms with E-state index in [0.717, 1.165) is 0 Å². The van der Waals surface area contributed by atoms with Crippen molar-refractivity contribution in [1.82, 2.24) is 0 Å². The van der Waals surface area contributed by atoms with E-state index in [1.54, 1.807) is 0 Å². The van der Waals surface area contributed by atoms with Gasteiger partial charge in [-0.1, -0.05) is 0 Å². The molecule has 0 spiro atoms. The van der Waals surface area contributed by atoms with Crippen LogP contribution in [0.25, 0.3) is 0 Å². The molecule has 0 saturated heterocycles. The van der Waals surface area contributed by atoms with Gasteiger partial charge >= 0.3 is 145 Å². The molecule has 0 N–H and O–H groups in total. The first-order chi connectivity index (χ1) is 11.0. The Morgan fingerprint density at radius 1 is 0.560 bits per heavy atom. The fourth-order valence-corrected chi connectivity index (χ4v) is 10.3. The molecule has 13 heteroatoms. The molecule has 2 aliphatic rings. The minimum absolute atomic E-state index is 0.195. The van der Waals surface area contributed by atoms with Gasteiger partial charge in [0.25, 0.3) is 0 Å². The van der Waals surface area contributed by atoms with Crippen molar-refractivity contribution >= 4 is 27.6 Å². The Labute approximate surface area is 145 Å². The van der Waals surface area contributed by atoms with Crippen LogP contribution in [-0.4, -0.2) is 37.2 Å². The van der Waals surface area contributed by atoms with Gasteiger partial charge in [-0.05, 0) is 0 Å². The van der Waals surface area contributed by atoms with Crippen LogP contribution in [0.5, 0.6) is 0 Å². The van der Waals surface area contributed by atoms with E-state index in [9.17, 15) is 48.3 Å². The second-order valence-corrected chi connectivity index (χ2v) is 12.8. The summed E-state index contributed by atoms with van der Waals surface area (Å²) in [7, 11) is 5.41. The molecule has 150 valence electrons. The fourth-order valence-electron chi connectivity index (χ4n) is 2.87.